The zero-order chi connectivity index (χ0) is 13.7. The summed E-state index contributed by atoms with van der Waals surface area (Å²) in [4.78, 5) is 4.18. The Morgan fingerprint density at radius 2 is 2.32 bits per heavy atom. The van der Waals surface area contributed by atoms with Gasteiger partial charge in [0.05, 0.1) is 16.7 Å². The van der Waals surface area contributed by atoms with Gasteiger partial charge < -0.3 is 9.26 Å². The van der Waals surface area contributed by atoms with Crippen molar-refractivity contribution in [1.82, 2.24) is 10.1 Å². The average molecular weight is 278 g/mol. The molecule has 0 radical (unpaired) electrons. The molecular formula is C13H12ClN3O2. The highest BCUT2D eigenvalue weighted by molar-refractivity contribution is 6.32. The van der Waals surface area contributed by atoms with Crippen LogP contribution in [0.1, 0.15) is 30.6 Å². The number of aryl methyl sites for hydroxylation is 1. The largest absolute Gasteiger partial charge is 0.482 e. The van der Waals surface area contributed by atoms with Crippen LogP contribution in [0, 0.1) is 11.3 Å². The highest BCUT2D eigenvalue weighted by Crippen LogP contribution is 2.25. The lowest BCUT2D eigenvalue weighted by molar-refractivity contribution is 0.242. The molecule has 0 saturated heterocycles. The highest BCUT2D eigenvalue weighted by Gasteiger charge is 2.08. The van der Waals surface area contributed by atoms with Crippen molar-refractivity contribution < 1.29 is 9.26 Å². The second-order valence-electron chi connectivity index (χ2n) is 3.90. The predicted octanol–water partition coefficient (Wildman–Crippen LogP) is 3.13. The van der Waals surface area contributed by atoms with Crippen LogP contribution in [0.3, 0.4) is 0 Å². The molecule has 0 N–H and O–H groups in total. The summed E-state index contributed by atoms with van der Waals surface area (Å²) in [6.45, 7) is 2.20. The van der Waals surface area contributed by atoms with Crippen molar-refractivity contribution >= 4 is 11.6 Å². The van der Waals surface area contributed by atoms with E-state index in [1.165, 1.54) is 0 Å². The van der Waals surface area contributed by atoms with Crippen molar-refractivity contribution in [3.63, 3.8) is 0 Å². The van der Waals surface area contributed by atoms with E-state index >= 15 is 0 Å². The Bertz CT molecular complexity index is 604. The van der Waals surface area contributed by atoms with Gasteiger partial charge in [-0.15, -0.1) is 0 Å². The summed E-state index contributed by atoms with van der Waals surface area (Å²) in [5, 5.41) is 12.9. The minimum atomic E-state index is 0.155. The molecule has 0 aliphatic carbocycles. The van der Waals surface area contributed by atoms with Crippen LogP contribution in [0.4, 0.5) is 0 Å². The summed E-state index contributed by atoms with van der Waals surface area (Å²) >= 11 is 5.99. The first-order chi connectivity index (χ1) is 9.22. The summed E-state index contributed by atoms with van der Waals surface area (Å²) in [6, 6.07) is 6.83. The lowest BCUT2D eigenvalue weighted by Crippen LogP contribution is -1.97. The summed E-state index contributed by atoms with van der Waals surface area (Å²) in [5.41, 5.74) is 0.486. The Morgan fingerprint density at radius 3 is 3.00 bits per heavy atom. The molecular weight excluding hydrogens is 266 g/mol. The van der Waals surface area contributed by atoms with Gasteiger partial charge in [-0.1, -0.05) is 23.7 Å². The third kappa shape index (κ3) is 3.46. The minimum Gasteiger partial charge on any atom is -0.482 e. The van der Waals surface area contributed by atoms with E-state index in [1.54, 1.807) is 18.2 Å². The van der Waals surface area contributed by atoms with Crippen LogP contribution in [-0.2, 0) is 13.0 Å². The molecule has 0 aliphatic rings. The van der Waals surface area contributed by atoms with Crippen LogP contribution in [0.5, 0.6) is 5.75 Å². The van der Waals surface area contributed by atoms with Crippen molar-refractivity contribution in [2.24, 2.45) is 0 Å². The van der Waals surface area contributed by atoms with Crippen LogP contribution in [0.15, 0.2) is 22.7 Å². The van der Waals surface area contributed by atoms with E-state index in [1.807, 2.05) is 13.0 Å². The van der Waals surface area contributed by atoms with Gasteiger partial charge in [0.25, 0.3) is 5.89 Å². The van der Waals surface area contributed by atoms with E-state index in [4.69, 9.17) is 26.1 Å². The molecule has 0 aliphatic heterocycles. The topological polar surface area (TPSA) is 71.9 Å². The molecule has 2 rings (SSSR count). The zero-order valence-electron chi connectivity index (χ0n) is 10.4. The van der Waals surface area contributed by atoms with Crippen molar-refractivity contribution in [1.29, 1.82) is 5.26 Å². The van der Waals surface area contributed by atoms with Gasteiger partial charge in [-0.25, -0.2) is 0 Å². The van der Waals surface area contributed by atoms with Crippen molar-refractivity contribution in [2.75, 3.05) is 0 Å². The maximum absolute atomic E-state index is 8.73. The summed E-state index contributed by atoms with van der Waals surface area (Å²) in [5.74, 6) is 1.56. The van der Waals surface area contributed by atoms with Gasteiger partial charge in [-0.2, -0.15) is 10.2 Å². The smallest absolute Gasteiger partial charge is 0.264 e. The maximum Gasteiger partial charge on any atom is 0.264 e. The standard InChI is InChI=1S/C13H12ClN3O2/c1-2-3-12-16-13(19-17-12)8-18-11-5-4-9(7-15)6-10(11)14/h4-6H,2-3,8H2,1H3. The molecule has 0 bridgehead atoms. The van der Waals surface area contributed by atoms with Crippen molar-refractivity contribution in [3.05, 3.63) is 40.5 Å². The van der Waals surface area contributed by atoms with Gasteiger partial charge in [-0.05, 0) is 24.6 Å². The normalized spacial score (nSPS) is 10.2. The highest BCUT2D eigenvalue weighted by atomic mass is 35.5. The lowest BCUT2D eigenvalue weighted by Gasteiger charge is -2.05. The molecule has 0 spiro atoms. The summed E-state index contributed by atoms with van der Waals surface area (Å²) in [6.07, 6.45) is 1.74. The number of nitrogens with zero attached hydrogens (tertiary/aromatic N) is 3. The monoisotopic (exact) mass is 277 g/mol. The maximum atomic E-state index is 8.73. The SMILES string of the molecule is CCCc1noc(COc2ccc(C#N)cc2Cl)n1. The van der Waals surface area contributed by atoms with Gasteiger partial charge in [0.1, 0.15) is 5.75 Å². The molecule has 2 aromatic rings. The first-order valence-electron chi connectivity index (χ1n) is 5.87. The van der Waals surface area contributed by atoms with E-state index in [0.717, 1.165) is 12.8 Å². The fourth-order valence-corrected chi connectivity index (χ4v) is 1.74. The van der Waals surface area contributed by atoms with Crippen LogP contribution in [0.2, 0.25) is 5.02 Å². The number of nitriles is 1. The Hall–Kier alpha value is -2.06. The van der Waals surface area contributed by atoms with Gasteiger partial charge in [0.2, 0.25) is 0 Å². The lowest BCUT2D eigenvalue weighted by atomic mass is 10.2. The average Bonchev–Trinajstić information content (AvgIpc) is 2.85. The van der Waals surface area contributed by atoms with E-state index in [-0.39, 0.29) is 6.61 Å². The van der Waals surface area contributed by atoms with Crippen LogP contribution in [-0.4, -0.2) is 10.1 Å². The van der Waals surface area contributed by atoms with Gasteiger partial charge >= 0.3 is 0 Å². The Labute approximate surface area is 115 Å². The Morgan fingerprint density at radius 1 is 1.47 bits per heavy atom. The number of ether oxygens (including phenoxy) is 1. The number of benzene rings is 1. The van der Waals surface area contributed by atoms with Gasteiger partial charge in [0, 0.05) is 6.42 Å². The van der Waals surface area contributed by atoms with Crippen molar-refractivity contribution in [2.45, 2.75) is 26.4 Å². The number of rotatable bonds is 5. The van der Waals surface area contributed by atoms with E-state index in [2.05, 4.69) is 10.1 Å². The number of hydrogen-bond acceptors (Lipinski definition) is 5. The predicted molar refractivity (Wildman–Crippen MR) is 68.8 cm³/mol. The molecule has 0 atom stereocenters. The van der Waals surface area contributed by atoms with Crippen LogP contribution >= 0.6 is 11.6 Å². The molecule has 1 aromatic carbocycles. The van der Waals surface area contributed by atoms with E-state index in [9.17, 15) is 0 Å². The van der Waals surface area contributed by atoms with E-state index in [0.29, 0.717) is 28.1 Å². The Balaban J connectivity index is 2.00. The molecule has 98 valence electrons. The fraction of sp³-hybridized carbons (Fsp3) is 0.308. The number of hydrogen-bond donors (Lipinski definition) is 0. The van der Waals surface area contributed by atoms with Crippen LogP contribution in [0.25, 0.3) is 0 Å². The third-order valence-electron chi connectivity index (χ3n) is 2.40. The summed E-state index contributed by atoms with van der Waals surface area (Å²) in [7, 11) is 0. The number of aromatic nitrogens is 2. The minimum absolute atomic E-state index is 0.155. The van der Waals surface area contributed by atoms with Gasteiger partial charge in [-0.3, -0.25) is 0 Å². The van der Waals surface area contributed by atoms with Crippen molar-refractivity contribution in [3.8, 4) is 11.8 Å². The molecule has 0 unspecified atom stereocenters. The van der Waals surface area contributed by atoms with Gasteiger partial charge in [0.15, 0.2) is 12.4 Å². The van der Waals surface area contributed by atoms with E-state index < -0.39 is 0 Å². The summed E-state index contributed by atoms with van der Waals surface area (Å²) < 4.78 is 10.5. The molecule has 6 heteroatoms. The van der Waals surface area contributed by atoms with Crippen LogP contribution < -0.4 is 4.74 Å². The molecule has 5 nitrogen and oxygen atoms in total. The molecule has 0 amide bonds. The first kappa shape index (κ1) is 13.4. The molecule has 19 heavy (non-hydrogen) atoms. The quantitative estimate of drug-likeness (QED) is 0.839. The first-order valence-corrected chi connectivity index (χ1v) is 6.24. The second kappa shape index (κ2) is 6.21. The zero-order valence-corrected chi connectivity index (χ0v) is 11.1. The third-order valence-corrected chi connectivity index (χ3v) is 2.69. The second-order valence-corrected chi connectivity index (χ2v) is 4.31. The number of halogens is 1. The molecule has 0 saturated carbocycles. The Kier molecular flexibility index (Phi) is 4.37. The molecule has 1 heterocycles. The fourth-order valence-electron chi connectivity index (χ4n) is 1.50. The molecule has 1 aromatic heterocycles. The molecule has 0 fully saturated rings.